The number of rotatable bonds is 16. The van der Waals surface area contributed by atoms with Gasteiger partial charge in [0.2, 0.25) is 0 Å². The third kappa shape index (κ3) is 9.94. The lowest BCUT2D eigenvalue weighted by Crippen LogP contribution is -2.03. The van der Waals surface area contributed by atoms with Crippen LogP contribution < -0.4 is 0 Å². The molecule has 0 aromatic heterocycles. The van der Waals surface area contributed by atoms with Crippen molar-refractivity contribution < 1.29 is 18.1 Å². The smallest absolute Gasteiger partial charge is 0.306 e. The molecule has 0 atom stereocenters. The van der Waals surface area contributed by atoms with Gasteiger partial charge in [0.1, 0.15) is 0 Å². The van der Waals surface area contributed by atoms with Gasteiger partial charge < -0.3 is 18.1 Å². The Hall–Kier alpha value is 1.11. The highest BCUT2D eigenvalue weighted by Gasteiger charge is 2.39. The average molecular weight is 498 g/mol. The van der Waals surface area contributed by atoms with Crippen molar-refractivity contribution in [3.05, 3.63) is 0 Å². The van der Waals surface area contributed by atoms with E-state index in [4.69, 9.17) is 45.1 Å². The van der Waals surface area contributed by atoms with Crippen LogP contribution in [-0.2, 0) is 18.1 Å². The van der Waals surface area contributed by atoms with Gasteiger partial charge in [-0.25, -0.2) is 0 Å². The van der Waals surface area contributed by atoms with Gasteiger partial charge in [-0.1, -0.05) is 53.4 Å². The summed E-state index contributed by atoms with van der Waals surface area (Å²) in [5, 5.41) is 0. The molecular weight excluding hydrogens is 462 g/mol. The summed E-state index contributed by atoms with van der Waals surface area (Å²) in [4.78, 5) is 0. The van der Waals surface area contributed by atoms with E-state index in [1.807, 2.05) is 0 Å². The van der Waals surface area contributed by atoms with E-state index in [-0.39, 0.29) is 0 Å². The quantitative estimate of drug-likeness (QED) is 0.157. The molecule has 0 radical (unpaired) electrons. The summed E-state index contributed by atoms with van der Waals surface area (Å²) in [6.07, 6.45) is 7.43. The van der Waals surface area contributed by atoms with Crippen molar-refractivity contribution in [2.75, 3.05) is 26.4 Å². The molecule has 0 spiro atoms. The second-order valence-electron chi connectivity index (χ2n) is 6.45. The molecule has 0 amide bonds. The van der Waals surface area contributed by atoms with Crippen molar-refractivity contribution in [3.8, 4) is 0 Å². The van der Waals surface area contributed by atoms with Gasteiger partial charge in [-0.3, -0.25) is 0 Å². The maximum absolute atomic E-state index is 6.51. The molecule has 1 heterocycles. The van der Waals surface area contributed by atoms with Gasteiger partial charge in [0.15, 0.2) is 0 Å². The van der Waals surface area contributed by atoms with Crippen LogP contribution in [0.5, 0.6) is 0 Å². The molecule has 168 valence electrons. The van der Waals surface area contributed by atoms with Crippen LogP contribution >= 0.6 is 43.7 Å². The van der Waals surface area contributed by atoms with Gasteiger partial charge in [0.25, 0.3) is 5.91 Å². The van der Waals surface area contributed by atoms with Crippen molar-refractivity contribution in [1.82, 2.24) is 0 Å². The van der Waals surface area contributed by atoms with E-state index < -0.39 is 21.2 Å². The van der Waals surface area contributed by atoms with Crippen molar-refractivity contribution in [2.24, 2.45) is 13.5 Å². The van der Waals surface area contributed by atoms with Crippen molar-refractivity contribution in [2.45, 2.75) is 79.1 Å². The second kappa shape index (κ2) is 14.2. The Kier molecular flexibility index (Phi) is 13.8. The zero-order valence-electron chi connectivity index (χ0n) is 17.6. The van der Waals surface area contributed by atoms with E-state index in [0.717, 1.165) is 51.4 Å². The lowest BCUT2D eigenvalue weighted by molar-refractivity contribution is 0.223. The largest absolute Gasteiger partial charge is 0.347 e. The van der Waals surface area contributed by atoms with Crippen LogP contribution in [0.1, 0.15) is 79.1 Å². The summed E-state index contributed by atoms with van der Waals surface area (Å²) in [5.41, 5.74) is 0. The molecule has 1 aliphatic heterocycles. The first kappa shape index (κ1) is 27.1. The predicted octanol–water partition coefficient (Wildman–Crippen LogP) is 9.58. The maximum atomic E-state index is 6.51. The normalized spacial score (nSPS) is 19.5. The Balaban J connectivity index is 3.32. The van der Waals surface area contributed by atoms with Gasteiger partial charge in [0.05, 0.1) is 26.4 Å². The molecule has 0 aromatic carbocycles. The molecule has 0 N–H and O–H groups in total. The van der Waals surface area contributed by atoms with Crippen LogP contribution in [0.25, 0.3) is 0 Å². The first-order chi connectivity index (χ1) is 13.4. The minimum absolute atomic E-state index is 0.473. The van der Waals surface area contributed by atoms with Gasteiger partial charge >= 0.3 is 15.3 Å². The molecule has 0 aromatic rings. The fourth-order valence-corrected chi connectivity index (χ4v) is 13.1. The predicted molar refractivity (Wildman–Crippen MR) is 123 cm³/mol. The van der Waals surface area contributed by atoms with Crippen LogP contribution in [0.15, 0.2) is 13.5 Å². The van der Waals surface area contributed by atoms with Crippen LogP contribution in [0.4, 0.5) is 0 Å². The minimum Gasteiger partial charge on any atom is -0.306 e. The Labute approximate surface area is 180 Å². The topological polar surface area (TPSA) is 74.0 Å². The fourth-order valence-electron chi connectivity index (χ4n) is 2.06. The third-order valence-electron chi connectivity index (χ3n) is 3.70. The van der Waals surface area contributed by atoms with Gasteiger partial charge in [-0.15, -0.1) is 4.52 Å². The molecular formula is C16H36Cl2N3O4P3. The van der Waals surface area contributed by atoms with Gasteiger partial charge in [-0.05, 0) is 48.2 Å². The molecule has 28 heavy (non-hydrogen) atoms. The average Bonchev–Trinajstić information content (AvgIpc) is 2.61. The standard InChI is InChI=1S/C16H36Cl2N3O4P3/c1-5-9-13-22-27(23-14-10-6-2)19-26(17,18)20-28(21-27,24-15-11-7-3)25-16-12-8-4/h5-16H2,1-4H3. The molecule has 1 rings (SSSR count). The Morgan fingerprint density at radius 1 is 0.536 bits per heavy atom. The molecule has 0 saturated carbocycles. The molecule has 0 unspecified atom stereocenters. The van der Waals surface area contributed by atoms with Crippen molar-refractivity contribution in [1.29, 1.82) is 0 Å². The highest BCUT2D eigenvalue weighted by molar-refractivity contribution is 8.13. The lowest BCUT2D eigenvalue weighted by Gasteiger charge is -2.30. The summed E-state index contributed by atoms with van der Waals surface area (Å²) >= 11 is 13.0. The molecule has 0 fully saturated rings. The minimum atomic E-state index is -3.07. The van der Waals surface area contributed by atoms with Crippen molar-refractivity contribution in [3.63, 3.8) is 0 Å². The highest BCUT2D eigenvalue weighted by atomic mass is 35.9. The molecule has 7 nitrogen and oxygen atoms in total. The summed E-state index contributed by atoms with van der Waals surface area (Å²) in [6.45, 7) is 10.3. The van der Waals surface area contributed by atoms with Crippen molar-refractivity contribution >= 4 is 43.7 Å². The number of nitrogens with zero attached hydrogens (tertiary/aromatic N) is 3. The van der Waals surface area contributed by atoms with E-state index in [0.29, 0.717) is 26.4 Å². The number of halogens is 2. The molecule has 0 bridgehead atoms. The Bertz CT molecular complexity index is 562. The maximum Gasteiger partial charge on any atom is 0.347 e. The van der Waals surface area contributed by atoms with E-state index in [1.165, 1.54) is 0 Å². The first-order valence-electron chi connectivity index (χ1n) is 10.3. The van der Waals surface area contributed by atoms with E-state index in [1.54, 1.807) is 0 Å². The SMILES string of the molecule is CCCCOP1(OCCCC)=NP(Cl)(Cl)=NP(OCCCC)(OCCCC)=N1. The molecule has 0 aliphatic carbocycles. The van der Waals surface area contributed by atoms with Crippen LogP contribution in [0.3, 0.4) is 0 Å². The Morgan fingerprint density at radius 3 is 1.18 bits per heavy atom. The summed E-state index contributed by atoms with van der Waals surface area (Å²) in [5.74, 6) is -3.07. The number of hydrogen-bond donors (Lipinski definition) is 0. The van der Waals surface area contributed by atoms with E-state index >= 15 is 0 Å². The summed E-state index contributed by atoms with van der Waals surface area (Å²) < 4.78 is 38.1. The van der Waals surface area contributed by atoms with E-state index in [2.05, 4.69) is 36.7 Å². The Morgan fingerprint density at radius 2 is 0.857 bits per heavy atom. The third-order valence-corrected chi connectivity index (χ3v) is 13.5. The molecule has 12 heteroatoms. The zero-order valence-corrected chi connectivity index (χ0v) is 21.8. The van der Waals surface area contributed by atoms with E-state index in [9.17, 15) is 0 Å². The first-order valence-corrected chi connectivity index (χ1v) is 16.8. The summed E-state index contributed by atoms with van der Waals surface area (Å²) in [6, 6.07) is 0. The zero-order chi connectivity index (χ0) is 20.9. The molecule has 0 saturated heterocycles. The second-order valence-corrected chi connectivity index (χ2v) is 15.9. The van der Waals surface area contributed by atoms with Crippen LogP contribution in [-0.4, -0.2) is 26.4 Å². The number of unbranched alkanes of at least 4 members (excludes halogenated alkanes) is 4. The lowest BCUT2D eigenvalue weighted by atomic mass is 10.4. The number of hydrogen-bond acceptors (Lipinski definition) is 7. The monoisotopic (exact) mass is 497 g/mol. The highest BCUT2D eigenvalue weighted by Crippen LogP contribution is 2.83. The van der Waals surface area contributed by atoms with Crippen LogP contribution in [0.2, 0.25) is 0 Å². The van der Waals surface area contributed by atoms with Crippen LogP contribution in [0, 0.1) is 0 Å². The summed E-state index contributed by atoms with van der Waals surface area (Å²) in [7, 11) is -6.10. The van der Waals surface area contributed by atoms with Gasteiger partial charge in [-0.2, -0.15) is 9.03 Å². The van der Waals surface area contributed by atoms with Gasteiger partial charge in [0, 0.05) is 0 Å². The molecule has 1 aliphatic rings. The fraction of sp³-hybridized carbons (Fsp3) is 1.00.